The van der Waals surface area contributed by atoms with Crippen molar-refractivity contribution in [3.63, 3.8) is 0 Å². The molecule has 0 aliphatic carbocycles. The van der Waals surface area contributed by atoms with Crippen molar-refractivity contribution in [1.82, 2.24) is 19.6 Å². The third kappa shape index (κ3) is 5.16. The molecule has 2 aromatic heterocycles. The molecule has 146 valence electrons. The highest BCUT2D eigenvalue weighted by atomic mass is 16.3. The molecule has 0 atom stereocenters. The van der Waals surface area contributed by atoms with E-state index in [4.69, 9.17) is 5.73 Å². The van der Waals surface area contributed by atoms with Crippen molar-refractivity contribution in [1.29, 1.82) is 0 Å². The van der Waals surface area contributed by atoms with Gasteiger partial charge in [-0.25, -0.2) is 14.6 Å². The van der Waals surface area contributed by atoms with Gasteiger partial charge in [-0.15, -0.1) is 0 Å². The summed E-state index contributed by atoms with van der Waals surface area (Å²) in [4.78, 5) is 37.1. The average Bonchev–Trinajstić information content (AvgIpc) is 3.25. The summed E-state index contributed by atoms with van der Waals surface area (Å²) in [6.45, 7) is 7.33. The Hall–Kier alpha value is -3.69. The molecular formula is C18H22N8O2. The standard InChI is InChI=1S/C18H22N8O2/c1-12(2)21-8-7-14(19)18-15(24-16(11-27)25-18)5-4-6-17-22-9-13(10-23-28)26(17)20-3/h4,6-9,11-12H,3,5,10,19H2,1-2H3,(H,24,25)/b6-4-,14-7?,21-8?. The summed E-state index contributed by atoms with van der Waals surface area (Å²) in [6, 6.07) is 0.151. The number of aldehydes is 1. The Kier molecular flexibility index (Phi) is 7.26. The van der Waals surface area contributed by atoms with Crippen LogP contribution in [0.1, 0.15) is 47.4 Å². The molecule has 0 amide bonds. The van der Waals surface area contributed by atoms with E-state index in [1.807, 2.05) is 19.9 Å². The number of hydrogen-bond donors (Lipinski definition) is 2. The van der Waals surface area contributed by atoms with Gasteiger partial charge < -0.3 is 10.7 Å². The number of nitrogens with two attached hydrogens (primary N) is 1. The van der Waals surface area contributed by atoms with Crippen LogP contribution in [0.25, 0.3) is 11.8 Å². The van der Waals surface area contributed by atoms with Crippen LogP contribution < -0.4 is 5.73 Å². The van der Waals surface area contributed by atoms with Gasteiger partial charge in [0.25, 0.3) is 0 Å². The molecule has 0 fully saturated rings. The molecule has 0 aromatic carbocycles. The van der Waals surface area contributed by atoms with E-state index in [1.54, 1.807) is 18.4 Å². The van der Waals surface area contributed by atoms with E-state index in [0.717, 1.165) is 0 Å². The first-order valence-electron chi connectivity index (χ1n) is 8.52. The van der Waals surface area contributed by atoms with Crippen LogP contribution in [0.5, 0.6) is 0 Å². The average molecular weight is 382 g/mol. The Morgan fingerprint density at radius 2 is 2.25 bits per heavy atom. The number of rotatable bonds is 10. The van der Waals surface area contributed by atoms with Crippen molar-refractivity contribution in [3.8, 4) is 0 Å². The maximum Gasteiger partial charge on any atom is 0.185 e. The van der Waals surface area contributed by atoms with Crippen molar-refractivity contribution >= 4 is 31.0 Å². The molecule has 0 bridgehead atoms. The number of aliphatic imine (C=N–C) groups is 1. The summed E-state index contributed by atoms with van der Waals surface area (Å²) >= 11 is 0. The fourth-order valence-electron chi connectivity index (χ4n) is 2.38. The van der Waals surface area contributed by atoms with Crippen molar-refractivity contribution in [2.75, 3.05) is 0 Å². The minimum atomic E-state index is -0.0491. The maximum absolute atomic E-state index is 11.1. The van der Waals surface area contributed by atoms with Gasteiger partial charge >= 0.3 is 0 Å². The lowest BCUT2D eigenvalue weighted by Gasteiger charge is -2.01. The number of aromatic nitrogens is 4. The zero-order chi connectivity index (χ0) is 20.5. The van der Waals surface area contributed by atoms with E-state index in [2.05, 4.69) is 36.9 Å². The summed E-state index contributed by atoms with van der Waals surface area (Å²) in [7, 11) is 0. The predicted octanol–water partition coefficient (Wildman–Crippen LogP) is 2.18. The second kappa shape index (κ2) is 9.86. The van der Waals surface area contributed by atoms with Crippen LogP contribution in [-0.4, -0.2) is 44.9 Å². The van der Waals surface area contributed by atoms with Gasteiger partial charge in [-0.05, 0) is 26.0 Å². The molecule has 0 spiro atoms. The largest absolute Gasteiger partial charge is 0.397 e. The Morgan fingerprint density at radius 3 is 2.89 bits per heavy atom. The molecule has 0 aliphatic heterocycles. The van der Waals surface area contributed by atoms with E-state index in [-0.39, 0.29) is 18.4 Å². The number of nitroso groups, excluding NO2 is 1. The molecule has 2 rings (SSSR count). The fraction of sp³-hybridized carbons (Fsp3) is 0.278. The van der Waals surface area contributed by atoms with Gasteiger partial charge in [-0.2, -0.15) is 10.0 Å². The number of aromatic amines is 1. The monoisotopic (exact) mass is 382 g/mol. The molecule has 0 unspecified atom stereocenters. The van der Waals surface area contributed by atoms with Gasteiger partial charge in [0.1, 0.15) is 12.2 Å². The van der Waals surface area contributed by atoms with Crippen LogP contribution in [0.15, 0.2) is 33.6 Å². The highest BCUT2D eigenvalue weighted by Gasteiger charge is 2.11. The summed E-state index contributed by atoms with van der Waals surface area (Å²) in [6.07, 6.45) is 9.33. The van der Waals surface area contributed by atoms with Gasteiger partial charge in [-0.1, -0.05) is 11.3 Å². The SMILES string of the molecule is C=Nn1c(CN=O)cnc1/C=C\Cc1[nH]c(C=O)nc1C(N)=CC=NC(C)C. The summed E-state index contributed by atoms with van der Waals surface area (Å²) in [5, 5.41) is 6.66. The number of allylic oxidation sites excluding steroid dienone is 2. The smallest absolute Gasteiger partial charge is 0.185 e. The lowest BCUT2D eigenvalue weighted by molar-refractivity contribution is 0.111. The molecule has 3 N–H and O–H groups in total. The Labute approximate surface area is 162 Å². The quantitative estimate of drug-likeness (QED) is 0.368. The molecule has 0 aliphatic rings. The number of imidazole rings is 2. The summed E-state index contributed by atoms with van der Waals surface area (Å²) in [5.74, 6) is 0.682. The first-order valence-corrected chi connectivity index (χ1v) is 8.52. The molecular weight excluding hydrogens is 360 g/mol. The maximum atomic E-state index is 11.1. The molecule has 10 nitrogen and oxygen atoms in total. The van der Waals surface area contributed by atoms with Crippen LogP contribution in [0.4, 0.5) is 0 Å². The van der Waals surface area contributed by atoms with Gasteiger partial charge in [0.05, 0.1) is 17.6 Å². The van der Waals surface area contributed by atoms with Crippen LogP contribution in [0.2, 0.25) is 0 Å². The lowest BCUT2D eigenvalue weighted by Crippen LogP contribution is -2.01. The molecule has 2 heterocycles. The van der Waals surface area contributed by atoms with E-state index in [9.17, 15) is 9.70 Å². The first kappa shape index (κ1) is 20.6. The Bertz CT molecular complexity index is 934. The van der Waals surface area contributed by atoms with Gasteiger partial charge in [0.2, 0.25) is 0 Å². The minimum absolute atomic E-state index is 0.0491. The van der Waals surface area contributed by atoms with E-state index < -0.39 is 0 Å². The van der Waals surface area contributed by atoms with E-state index in [0.29, 0.717) is 41.3 Å². The van der Waals surface area contributed by atoms with Gasteiger partial charge in [0, 0.05) is 31.1 Å². The van der Waals surface area contributed by atoms with E-state index in [1.165, 1.54) is 10.9 Å². The van der Waals surface area contributed by atoms with E-state index >= 15 is 0 Å². The minimum Gasteiger partial charge on any atom is -0.397 e. The van der Waals surface area contributed by atoms with Gasteiger partial charge in [-0.3, -0.25) is 9.79 Å². The summed E-state index contributed by atoms with van der Waals surface area (Å²) < 4.78 is 1.43. The normalized spacial score (nSPS) is 12.3. The number of hydrogen-bond acceptors (Lipinski definition) is 8. The Balaban J connectivity index is 2.23. The number of H-pyrrole nitrogens is 1. The van der Waals surface area contributed by atoms with Crippen LogP contribution in [-0.2, 0) is 13.0 Å². The third-order valence-corrected chi connectivity index (χ3v) is 3.61. The van der Waals surface area contributed by atoms with Crippen LogP contribution in [0, 0.1) is 4.91 Å². The van der Waals surface area contributed by atoms with Crippen LogP contribution in [0.3, 0.4) is 0 Å². The summed E-state index contributed by atoms with van der Waals surface area (Å²) in [5.41, 5.74) is 8.17. The lowest BCUT2D eigenvalue weighted by atomic mass is 10.2. The topological polar surface area (TPSA) is 144 Å². The first-order chi connectivity index (χ1) is 13.5. The zero-order valence-corrected chi connectivity index (χ0v) is 15.7. The number of nitrogens with one attached hydrogen (secondary N) is 1. The van der Waals surface area contributed by atoms with Crippen LogP contribution >= 0.6 is 0 Å². The zero-order valence-electron chi connectivity index (χ0n) is 15.7. The highest BCUT2D eigenvalue weighted by molar-refractivity contribution is 5.84. The van der Waals surface area contributed by atoms with Crippen molar-refractivity contribution in [3.05, 3.63) is 52.0 Å². The molecule has 2 aromatic rings. The molecule has 10 heteroatoms. The molecule has 28 heavy (non-hydrogen) atoms. The predicted molar refractivity (Wildman–Crippen MR) is 109 cm³/mol. The Morgan fingerprint density at radius 1 is 1.46 bits per heavy atom. The molecule has 0 saturated heterocycles. The third-order valence-electron chi connectivity index (χ3n) is 3.61. The number of nitrogens with zero attached hydrogens (tertiary/aromatic N) is 6. The second-order valence-electron chi connectivity index (χ2n) is 6.04. The molecule has 0 saturated carbocycles. The van der Waals surface area contributed by atoms with Gasteiger partial charge in [0.15, 0.2) is 17.9 Å². The fourth-order valence-corrected chi connectivity index (χ4v) is 2.38. The van der Waals surface area contributed by atoms with Crippen molar-refractivity contribution in [2.24, 2.45) is 21.0 Å². The molecule has 0 radical (unpaired) electrons. The van der Waals surface area contributed by atoms with Crippen molar-refractivity contribution < 1.29 is 4.79 Å². The van der Waals surface area contributed by atoms with Crippen molar-refractivity contribution in [2.45, 2.75) is 32.9 Å². The number of carbonyl (C=O) groups excluding carboxylic acids is 1. The highest BCUT2D eigenvalue weighted by Crippen LogP contribution is 2.15. The second-order valence-corrected chi connectivity index (χ2v) is 6.04. The number of carbonyl (C=O) groups is 1.